The first-order valence-corrected chi connectivity index (χ1v) is 23.1. The van der Waals surface area contributed by atoms with E-state index in [2.05, 4.69) is 42.2 Å². The van der Waals surface area contributed by atoms with Gasteiger partial charge in [-0.3, -0.25) is 14.5 Å². The molecular formula is C53H53N9O5. The molecule has 1 amide bonds. The molecule has 0 atom stereocenters. The molecule has 8 aromatic rings. The number of carbonyl (C=O) groups excluding carboxylic acids is 1. The Labute approximate surface area is 389 Å². The average molecular weight is 896 g/mol. The fourth-order valence-corrected chi connectivity index (χ4v) is 8.79. The van der Waals surface area contributed by atoms with Crippen LogP contribution in [-0.4, -0.2) is 94.4 Å². The summed E-state index contributed by atoms with van der Waals surface area (Å²) in [6.45, 7) is 10.3. The van der Waals surface area contributed by atoms with Crippen molar-refractivity contribution < 1.29 is 23.7 Å². The second-order valence-corrected chi connectivity index (χ2v) is 16.7. The van der Waals surface area contributed by atoms with E-state index in [-0.39, 0.29) is 6.03 Å². The Morgan fingerprint density at radius 1 is 0.672 bits per heavy atom. The lowest BCUT2D eigenvalue weighted by Crippen LogP contribution is -2.27. The number of fused-ring (bicyclic) bond motifs is 4. The number of aromatic nitrogens is 4. The molecule has 67 heavy (non-hydrogen) atoms. The van der Waals surface area contributed by atoms with Crippen molar-refractivity contribution in [2.75, 3.05) is 59.0 Å². The zero-order valence-electron chi connectivity index (χ0n) is 37.7. The van der Waals surface area contributed by atoms with Crippen molar-refractivity contribution in [3.8, 4) is 46.6 Å². The van der Waals surface area contributed by atoms with Gasteiger partial charge in [0.2, 0.25) is 0 Å². The molecule has 14 heteroatoms. The number of likely N-dealkylation sites (tertiary alicyclic amines) is 2. The third-order valence-electron chi connectivity index (χ3n) is 12.2. The van der Waals surface area contributed by atoms with Crippen molar-refractivity contribution in [2.45, 2.75) is 45.4 Å². The van der Waals surface area contributed by atoms with Gasteiger partial charge < -0.3 is 39.0 Å². The monoisotopic (exact) mass is 895 g/mol. The largest absolute Gasteiger partial charge is 0.492 e. The summed E-state index contributed by atoms with van der Waals surface area (Å²) < 4.78 is 25.9. The molecule has 2 aliphatic rings. The molecular weight excluding hydrogens is 843 g/mol. The number of hydrogen-bond donors (Lipinski definition) is 2. The van der Waals surface area contributed by atoms with Gasteiger partial charge in [-0.1, -0.05) is 0 Å². The fourth-order valence-electron chi connectivity index (χ4n) is 8.79. The lowest BCUT2D eigenvalue weighted by Gasteiger charge is -2.15. The van der Waals surface area contributed by atoms with Gasteiger partial charge >= 0.3 is 6.03 Å². The molecule has 0 radical (unpaired) electrons. The highest BCUT2D eigenvalue weighted by atomic mass is 16.5. The lowest BCUT2D eigenvalue weighted by molar-refractivity contribution is 0.244. The summed E-state index contributed by atoms with van der Waals surface area (Å²) in [5.74, 6) is 3.75. The van der Waals surface area contributed by atoms with E-state index in [1.807, 2.05) is 85.9 Å². The van der Waals surface area contributed by atoms with Gasteiger partial charge in [-0.05, 0) is 144 Å². The van der Waals surface area contributed by atoms with Crippen molar-refractivity contribution in [1.29, 1.82) is 10.5 Å². The van der Waals surface area contributed by atoms with E-state index in [0.29, 0.717) is 65.1 Å². The number of ether oxygens (including phenoxy) is 4. The van der Waals surface area contributed by atoms with Gasteiger partial charge in [0.25, 0.3) is 0 Å². The van der Waals surface area contributed by atoms with E-state index in [1.54, 1.807) is 35.3 Å². The van der Waals surface area contributed by atoms with Crippen molar-refractivity contribution in [3.05, 3.63) is 121 Å². The maximum atomic E-state index is 12.2. The third kappa shape index (κ3) is 10.6. The van der Waals surface area contributed by atoms with Gasteiger partial charge in [-0.15, -0.1) is 0 Å². The molecule has 0 saturated carbocycles. The van der Waals surface area contributed by atoms with E-state index >= 15 is 0 Å². The highest BCUT2D eigenvalue weighted by molar-refractivity contribution is 5.93. The Morgan fingerprint density at radius 2 is 1.22 bits per heavy atom. The molecule has 2 N–H and O–H groups in total. The van der Waals surface area contributed by atoms with Gasteiger partial charge in [0.15, 0.2) is 0 Å². The van der Waals surface area contributed by atoms with Crippen LogP contribution in [0.15, 0.2) is 110 Å². The maximum Gasteiger partial charge on any atom is 0.326 e. The summed E-state index contributed by atoms with van der Waals surface area (Å²) in [6.07, 6.45) is 14.0. The molecule has 4 aromatic heterocycles. The molecule has 4 aromatic carbocycles. The van der Waals surface area contributed by atoms with Gasteiger partial charge in [0, 0.05) is 83.6 Å². The zero-order chi connectivity index (χ0) is 46.0. The van der Waals surface area contributed by atoms with Crippen LogP contribution >= 0.6 is 0 Å². The van der Waals surface area contributed by atoms with Crippen LogP contribution in [0.5, 0.6) is 34.5 Å². The molecule has 0 spiro atoms. The standard InChI is InChI=1S/C28H29N5O3.C25H24N4O2/c1-2-30-28(34)33-14-9-20-16-22(6-7-25(20)33)36-26-8-10-31-24-18-27(21(19-29)17-23(24)26)35-15-5-13-32-11-3-4-12-32;26-17-19-15-21-23(16-25(19)30-13-3-12-29-10-1-2-11-29)28-9-7-24(21)31-20-4-5-22-18(14-20)6-8-27-22/h6-10,14,16-18H,2-5,11-13,15H2,1H3,(H,30,34);4-9,14-16,27H,1-3,10-13H2. The highest BCUT2D eigenvalue weighted by Crippen LogP contribution is 2.36. The molecule has 2 saturated heterocycles. The normalized spacial score (nSPS) is 13.9. The Balaban J connectivity index is 0.000000170. The minimum atomic E-state index is -0.167. The van der Waals surface area contributed by atoms with E-state index in [0.717, 1.165) is 69.8 Å². The van der Waals surface area contributed by atoms with Crippen LogP contribution in [-0.2, 0) is 0 Å². The number of pyridine rings is 2. The van der Waals surface area contributed by atoms with Crippen molar-refractivity contribution >= 4 is 49.6 Å². The van der Waals surface area contributed by atoms with Crippen LogP contribution < -0.4 is 24.3 Å². The summed E-state index contributed by atoms with van der Waals surface area (Å²) in [5.41, 5.74) is 4.25. The molecule has 10 rings (SSSR count). The molecule has 0 aliphatic carbocycles. The molecule has 6 heterocycles. The predicted octanol–water partition coefficient (Wildman–Crippen LogP) is 10.5. The number of rotatable bonds is 15. The number of aromatic amines is 1. The smallest absolute Gasteiger partial charge is 0.326 e. The second-order valence-electron chi connectivity index (χ2n) is 16.7. The Kier molecular flexibility index (Phi) is 14.0. The van der Waals surface area contributed by atoms with Crippen LogP contribution in [0.1, 0.15) is 56.6 Å². The topological polar surface area (TPSA) is 167 Å². The first-order valence-electron chi connectivity index (χ1n) is 23.1. The summed E-state index contributed by atoms with van der Waals surface area (Å²) in [6, 6.07) is 30.5. The quantitative estimate of drug-likeness (QED) is 0.0940. The molecule has 0 unspecified atom stereocenters. The first-order chi connectivity index (χ1) is 33.0. The van der Waals surface area contributed by atoms with Crippen LogP contribution in [0, 0.1) is 22.7 Å². The maximum absolute atomic E-state index is 12.2. The van der Waals surface area contributed by atoms with E-state index in [4.69, 9.17) is 18.9 Å². The highest BCUT2D eigenvalue weighted by Gasteiger charge is 2.17. The average Bonchev–Trinajstić information content (AvgIpc) is 4.21. The third-order valence-corrected chi connectivity index (χ3v) is 12.2. The number of hydrogen-bond acceptors (Lipinski definition) is 11. The predicted molar refractivity (Wildman–Crippen MR) is 259 cm³/mol. The van der Waals surface area contributed by atoms with Gasteiger partial charge in [0.1, 0.15) is 46.6 Å². The minimum Gasteiger partial charge on any atom is -0.492 e. The van der Waals surface area contributed by atoms with Crippen molar-refractivity contribution in [2.24, 2.45) is 0 Å². The summed E-state index contributed by atoms with van der Waals surface area (Å²) in [7, 11) is 0. The van der Waals surface area contributed by atoms with Crippen LogP contribution in [0.25, 0.3) is 43.6 Å². The van der Waals surface area contributed by atoms with Gasteiger partial charge in [-0.25, -0.2) is 4.79 Å². The number of amides is 1. The van der Waals surface area contributed by atoms with Crippen LogP contribution in [0.3, 0.4) is 0 Å². The number of H-pyrrole nitrogens is 1. The van der Waals surface area contributed by atoms with Gasteiger partial charge in [0.05, 0.1) is 40.9 Å². The SMILES string of the molecule is CCNC(=O)n1ccc2cc(Oc3ccnc4cc(OCCCN5CCCC5)c(C#N)cc34)ccc21.N#Cc1cc2c(Oc3ccc4[nH]ccc4c3)ccnc2cc1OCCCN1CCCC1. The van der Waals surface area contributed by atoms with Crippen LogP contribution in [0.4, 0.5) is 4.79 Å². The van der Waals surface area contributed by atoms with E-state index in [9.17, 15) is 15.3 Å². The molecule has 2 aliphatic heterocycles. The van der Waals surface area contributed by atoms with E-state index in [1.165, 1.54) is 51.9 Å². The number of nitrogens with one attached hydrogen (secondary N) is 2. The number of carbonyl (C=O) groups is 1. The Morgan fingerprint density at radius 3 is 1.78 bits per heavy atom. The Bertz CT molecular complexity index is 3100. The number of nitrogens with zero attached hydrogens (tertiary/aromatic N) is 7. The van der Waals surface area contributed by atoms with Crippen LogP contribution in [0.2, 0.25) is 0 Å². The van der Waals surface area contributed by atoms with Crippen molar-refractivity contribution in [1.82, 2.24) is 34.6 Å². The van der Waals surface area contributed by atoms with Crippen molar-refractivity contribution in [3.63, 3.8) is 0 Å². The van der Waals surface area contributed by atoms with E-state index < -0.39 is 0 Å². The molecule has 14 nitrogen and oxygen atoms in total. The molecule has 2 fully saturated rings. The second kappa shape index (κ2) is 21.1. The summed E-state index contributed by atoms with van der Waals surface area (Å²) >= 11 is 0. The Hall–Kier alpha value is -7.65. The molecule has 0 bridgehead atoms. The minimum absolute atomic E-state index is 0.167. The first kappa shape index (κ1) is 44.5. The summed E-state index contributed by atoms with van der Waals surface area (Å²) in [4.78, 5) is 29.3. The lowest BCUT2D eigenvalue weighted by atomic mass is 10.1. The summed E-state index contributed by atoms with van der Waals surface area (Å²) in [5, 5.41) is 25.7. The number of nitriles is 2. The molecule has 340 valence electrons. The van der Waals surface area contributed by atoms with Gasteiger partial charge in [-0.2, -0.15) is 10.5 Å². The zero-order valence-corrected chi connectivity index (χ0v) is 37.7. The fraction of sp³-hybridized carbons (Fsp3) is 0.302. The number of benzene rings is 4.